The summed E-state index contributed by atoms with van der Waals surface area (Å²) >= 11 is 1.87. The lowest BCUT2D eigenvalue weighted by atomic mass is 10.1. The number of morpholine rings is 1. The molecule has 0 amide bonds. The molecule has 2 aromatic rings. The molecular formula is C22H33IN4OS. The maximum absolute atomic E-state index is 5.47. The van der Waals surface area contributed by atoms with E-state index < -0.39 is 0 Å². The molecule has 0 spiro atoms. The average Bonchev–Trinajstić information content (AvgIpc) is 3.20. The monoisotopic (exact) mass is 528 g/mol. The third-order valence-corrected chi connectivity index (χ3v) is 6.09. The van der Waals surface area contributed by atoms with Gasteiger partial charge in [-0.05, 0) is 36.6 Å². The summed E-state index contributed by atoms with van der Waals surface area (Å²) in [5.74, 6) is 0.870. The first-order chi connectivity index (χ1) is 13.8. The highest BCUT2D eigenvalue weighted by Gasteiger charge is 2.12. The van der Waals surface area contributed by atoms with Crippen LogP contribution >= 0.6 is 35.3 Å². The van der Waals surface area contributed by atoms with Crippen molar-refractivity contribution >= 4 is 41.3 Å². The normalized spacial score (nSPS) is 15.0. The van der Waals surface area contributed by atoms with Gasteiger partial charge >= 0.3 is 0 Å². The maximum atomic E-state index is 5.47. The lowest BCUT2D eigenvalue weighted by Gasteiger charge is -2.27. The third-order valence-electron chi connectivity index (χ3n) is 4.86. The van der Waals surface area contributed by atoms with Gasteiger partial charge in [0, 0.05) is 35.9 Å². The van der Waals surface area contributed by atoms with Crippen molar-refractivity contribution in [3.8, 4) is 0 Å². The molecule has 5 nitrogen and oxygen atoms in total. The zero-order chi connectivity index (χ0) is 19.6. The number of aliphatic imine (C=N–C) groups is 1. The number of halogens is 1. The molecule has 7 heteroatoms. The average molecular weight is 529 g/mol. The lowest BCUT2D eigenvalue weighted by Crippen LogP contribution is -2.37. The van der Waals surface area contributed by atoms with Gasteiger partial charge in [-0.3, -0.25) is 4.90 Å². The number of thiophene rings is 1. The molecule has 3 rings (SSSR count). The standard InChI is InChI=1S/C22H32N4OS.HI/c1-3-20-9-10-21(28-20)16-25-22(23-4-2)24-15-18-7-5-6-8-19(18)17-26-11-13-27-14-12-26;/h5-10H,3-4,11-17H2,1-2H3,(H2,23,24,25);1H. The van der Waals surface area contributed by atoms with Crippen LogP contribution in [-0.4, -0.2) is 43.7 Å². The number of ether oxygens (including phenoxy) is 1. The van der Waals surface area contributed by atoms with Crippen LogP contribution in [0.4, 0.5) is 0 Å². The van der Waals surface area contributed by atoms with Crippen molar-refractivity contribution in [3.63, 3.8) is 0 Å². The molecule has 1 saturated heterocycles. The highest BCUT2D eigenvalue weighted by molar-refractivity contribution is 14.0. The van der Waals surface area contributed by atoms with Crippen LogP contribution < -0.4 is 10.6 Å². The van der Waals surface area contributed by atoms with Crippen LogP contribution in [0.15, 0.2) is 41.4 Å². The van der Waals surface area contributed by atoms with Crippen molar-refractivity contribution in [3.05, 3.63) is 57.3 Å². The van der Waals surface area contributed by atoms with Crippen LogP contribution in [0.5, 0.6) is 0 Å². The Kier molecular flexibility index (Phi) is 11.0. The van der Waals surface area contributed by atoms with E-state index in [1.165, 1.54) is 20.9 Å². The predicted molar refractivity (Wildman–Crippen MR) is 133 cm³/mol. The third kappa shape index (κ3) is 7.88. The van der Waals surface area contributed by atoms with Gasteiger partial charge in [0.25, 0.3) is 0 Å². The van der Waals surface area contributed by atoms with E-state index in [0.717, 1.165) is 58.3 Å². The van der Waals surface area contributed by atoms with E-state index in [2.05, 4.69) is 65.8 Å². The molecule has 1 aliphatic rings. The maximum Gasteiger partial charge on any atom is 0.191 e. The zero-order valence-electron chi connectivity index (χ0n) is 17.4. The molecule has 0 bridgehead atoms. The van der Waals surface area contributed by atoms with Crippen LogP contribution in [0.25, 0.3) is 0 Å². The number of benzene rings is 1. The fourth-order valence-corrected chi connectivity index (χ4v) is 4.15. The van der Waals surface area contributed by atoms with Crippen molar-refractivity contribution in [1.82, 2.24) is 15.5 Å². The Bertz CT molecular complexity index is 759. The topological polar surface area (TPSA) is 48.9 Å². The second kappa shape index (κ2) is 13.2. The summed E-state index contributed by atoms with van der Waals surface area (Å²) in [6, 6.07) is 13.1. The Balaban J connectivity index is 0.00000300. The van der Waals surface area contributed by atoms with E-state index in [1.54, 1.807) is 0 Å². The Morgan fingerprint density at radius 1 is 1.03 bits per heavy atom. The predicted octanol–water partition coefficient (Wildman–Crippen LogP) is 4.02. The molecule has 160 valence electrons. The molecule has 1 aromatic heterocycles. The minimum absolute atomic E-state index is 0. The lowest BCUT2D eigenvalue weighted by molar-refractivity contribution is 0.0341. The SMILES string of the molecule is CCNC(=NCc1ccccc1CN1CCOCC1)NCc1ccc(CC)s1.I. The van der Waals surface area contributed by atoms with Gasteiger partial charge in [-0.2, -0.15) is 0 Å². The van der Waals surface area contributed by atoms with Crippen molar-refractivity contribution in [1.29, 1.82) is 0 Å². The molecule has 1 fully saturated rings. The molecular weight excluding hydrogens is 495 g/mol. The first-order valence-corrected chi connectivity index (χ1v) is 11.1. The quantitative estimate of drug-likeness (QED) is 0.309. The fraction of sp³-hybridized carbons (Fsp3) is 0.500. The van der Waals surface area contributed by atoms with Gasteiger partial charge in [-0.15, -0.1) is 35.3 Å². The summed E-state index contributed by atoms with van der Waals surface area (Å²) in [5, 5.41) is 6.83. The van der Waals surface area contributed by atoms with Gasteiger partial charge in [-0.1, -0.05) is 31.2 Å². The highest BCUT2D eigenvalue weighted by Crippen LogP contribution is 2.17. The molecule has 29 heavy (non-hydrogen) atoms. The first-order valence-electron chi connectivity index (χ1n) is 10.2. The van der Waals surface area contributed by atoms with Crippen LogP contribution in [-0.2, 0) is 30.8 Å². The highest BCUT2D eigenvalue weighted by atomic mass is 127. The zero-order valence-corrected chi connectivity index (χ0v) is 20.6. The molecule has 0 saturated carbocycles. The molecule has 2 heterocycles. The number of aryl methyl sites for hydroxylation is 1. The van der Waals surface area contributed by atoms with Gasteiger partial charge in [-0.25, -0.2) is 4.99 Å². The Labute approximate surface area is 196 Å². The minimum atomic E-state index is 0. The number of nitrogens with zero attached hydrogens (tertiary/aromatic N) is 2. The number of guanidine groups is 1. The largest absolute Gasteiger partial charge is 0.379 e. The summed E-state index contributed by atoms with van der Waals surface area (Å²) < 4.78 is 5.47. The molecule has 0 aliphatic carbocycles. The van der Waals surface area contributed by atoms with E-state index in [4.69, 9.17) is 9.73 Å². The summed E-state index contributed by atoms with van der Waals surface area (Å²) in [6.45, 7) is 11.3. The van der Waals surface area contributed by atoms with Gasteiger partial charge in [0.05, 0.1) is 26.3 Å². The van der Waals surface area contributed by atoms with Crippen LogP contribution in [0, 0.1) is 0 Å². The molecule has 0 atom stereocenters. The Hall–Kier alpha value is -1.16. The minimum Gasteiger partial charge on any atom is -0.379 e. The Morgan fingerprint density at radius 3 is 2.45 bits per heavy atom. The van der Waals surface area contributed by atoms with Gasteiger partial charge < -0.3 is 15.4 Å². The molecule has 2 N–H and O–H groups in total. The fourth-order valence-electron chi connectivity index (χ4n) is 3.25. The number of nitrogens with one attached hydrogen (secondary N) is 2. The molecule has 0 radical (unpaired) electrons. The first kappa shape index (κ1) is 24.1. The summed E-state index contributed by atoms with van der Waals surface area (Å²) in [4.78, 5) is 10.1. The Morgan fingerprint density at radius 2 is 1.76 bits per heavy atom. The van der Waals surface area contributed by atoms with E-state index >= 15 is 0 Å². The number of hydrogen-bond acceptors (Lipinski definition) is 4. The van der Waals surface area contributed by atoms with Crippen LogP contribution in [0.3, 0.4) is 0 Å². The van der Waals surface area contributed by atoms with Crippen molar-refractivity contribution in [2.75, 3.05) is 32.8 Å². The van der Waals surface area contributed by atoms with E-state index in [-0.39, 0.29) is 24.0 Å². The number of hydrogen-bond donors (Lipinski definition) is 2. The summed E-state index contributed by atoms with van der Waals surface area (Å²) in [5.41, 5.74) is 2.64. The second-order valence-electron chi connectivity index (χ2n) is 6.93. The van der Waals surface area contributed by atoms with Crippen LogP contribution in [0.2, 0.25) is 0 Å². The molecule has 0 unspecified atom stereocenters. The molecule has 1 aromatic carbocycles. The summed E-state index contributed by atoms with van der Waals surface area (Å²) in [6.07, 6.45) is 1.10. The van der Waals surface area contributed by atoms with Gasteiger partial charge in [0.2, 0.25) is 0 Å². The van der Waals surface area contributed by atoms with E-state index in [0.29, 0.717) is 6.54 Å². The molecule has 1 aliphatic heterocycles. The van der Waals surface area contributed by atoms with E-state index in [1.807, 2.05) is 11.3 Å². The smallest absolute Gasteiger partial charge is 0.191 e. The number of rotatable bonds is 8. The van der Waals surface area contributed by atoms with Crippen molar-refractivity contribution in [2.24, 2.45) is 4.99 Å². The van der Waals surface area contributed by atoms with Crippen molar-refractivity contribution < 1.29 is 4.74 Å². The van der Waals surface area contributed by atoms with Gasteiger partial charge in [0.15, 0.2) is 5.96 Å². The van der Waals surface area contributed by atoms with Crippen LogP contribution in [0.1, 0.15) is 34.7 Å². The summed E-state index contributed by atoms with van der Waals surface area (Å²) in [7, 11) is 0. The second-order valence-corrected chi connectivity index (χ2v) is 8.18. The van der Waals surface area contributed by atoms with Crippen molar-refractivity contribution in [2.45, 2.75) is 39.9 Å². The van der Waals surface area contributed by atoms with Gasteiger partial charge in [0.1, 0.15) is 0 Å². The van der Waals surface area contributed by atoms with E-state index in [9.17, 15) is 0 Å².